The Kier molecular flexibility index (Phi) is 9.91. The predicted octanol–water partition coefficient (Wildman–Crippen LogP) is 5.90. The van der Waals surface area contributed by atoms with Gasteiger partial charge in [0, 0.05) is 30.1 Å². The van der Waals surface area contributed by atoms with Crippen LogP contribution in [0.3, 0.4) is 0 Å². The Labute approximate surface area is 241 Å². The Morgan fingerprint density at radius 2 is 1.75 bits per heavy atom. The Balaban J connectivity index is 1.67. The lowest BCUT2D eigenvalue weighted by atomic mass is 10.0. The molecule has 4 aromatic rings. The van der Waals surface area contributed by atoms with Gasteiger partial charge in [-0.15, -0.1) is 0 Å². The largest absolute Gasteiger partial charge is 0.338 e. The highest BCUT2D eigenvalue weighted by Crippen LogP contribution is 2.23. The Morgan fingerprint density at radius 3 is 2.42 bits per heavy atom. The van der Waals surface area contributed by atoms with E-state index in [-0.39, 0.29) is 17.4 Å². The summed E-state index contributed by atoms with van der Waals surface area (Å²) in [6.45, 7) is 7.98. The summed E-state index contributed by atoms with van der Waals surface area (Å²) in [5, 5.41) is 0.569. The second kappa shape index (κ2) is 13.6. The normalized spacial score (nSPS) is 11.8. The first-order valence-electron chi connectivity index (χ1n) is 13.7. The molecule has 0 bridgehead atoms. The summed E-state index contributed by atoms with van der Waals surface area (Å²) < 4.78 is 1.76. The fraction of sp³-hybridized carbons (Fsp3) is 0.303. The highest BCUT2D eigenvalue weighted by molar-refractivity contribution is 6.30. The lowest BCUT2D eigenvalue weighted by Crippen LogP contribution is -2.37. The van der Waals surface area contributed by atoms with Crippen molar-refractivity contribution in [1.29, 1.82) is 0 Å². The first-order chi connectivity index (χ1) is 19.3. The van der Waals surface area contributed by atoms with Gasteiger partial charge in [-0.3, -0.25) is 14.2 Å². The number of rotatable bonds is 11. The molecule has 208 valence electrons. The maximum Gasteiger partial charge on any atom is 0.261 e. The van der Waals surface area contributed by atoms with E-state index >= 15 is 0 Å². The summed E-state index contributed by atoms with van der Waals surface area (Å²) in [6.07, 6.45) is 1.26. The predicted molar refractivity (Wildman–Crippen MR) is 163 cm³/mol. The van der Waals surface area contributed by atoms with Gasteiger partial charge in [-0.1, -0.05) is 78.7 Å². The average molecular weight is 557 g/mol. The molecule has 1 atom stereocenters. The Hall–Kier alpha value is -3.74. The minimum absolute atomic E-state index is 0.0116. The zero-order chi connectivity index (χ0) is 28.6. The number of aromatic nitrogens is 2. The molecule has 1 heterocycles. The van der Waals surface area contributed by atoms with E-state index in [2.05, 4.69) is 6.92 Å². The number of aryl methyl sites for hydroxylation is 2. The molecule has 0 fully saturated rings. The molecule has 0 saturated heterocycles. The fourth-order valence-corrected chi connectivity index (χ4v) is 5.16. The summed E-state index contributed by atoms with van der Waals surface area (Å²) in [4.78, 5) is 34.2. The summed E-state index contributed by atoms with van der Waals surface area (Å²) in [6, 6.07) is 24.9. The quantitative estimate of drug-likeness (QED) is 0.249. The third-order valence-electron chi connectivity index (χ3n) is 7.01. The van der Waals surface area contributed by atoms with E-state index in [0.29, 0.717) is 66.7 Å². The van der Waals surface area contributed by atoms with Crippen LogP contribution in [-0.2, 0) is 13.0 Å². The molecule has 0 aliphatic heterocycles. The second-order valence-corrected chi connectivity index (χ2v) is 10.9. The number of carbonyl (C=O) groups excluding carboxylic acids is 1. The van der Waals surface area contributed by atoms with Gasteiger partial charge >= 0.3 is 0 Å². The van der Waals surface area contributed by atoms with Crippen molar-refractivity contribution in [2.45, 2.75) is 40.2 Å². The molecule has 1 amide bonds. The number of halogens is 1. The minimum Gasteiger partial charge on any atom is -0.338 e. The molecular weight excluding hydrogens is 520 g/mol. The van der Waals surface area contributed by atoms with Crippen molar-refractivity contribution in [3.05, 3.63) is 122 Å². The van der Waals surface area contributed by atoms with Gasteiger partial charge in [-0.05, 0) is 68.1 Å². The van der Waals surface area contributed by atoms with Gasteiger partial charge in [-0.25, -0.2) is 4.98 Å². The molecule has 0 spiro atoms. The van der Waals surface area contributed by atoms with E-state index < -0.39 is 0 Å². The zero-order valence-corrected chi connectivity index (χ0v) is 24.2. The van der Waals surface area contributed by atoms with Gasteiger partial charge in [0.15, 0.2) is 0 Å². The Morgan fingerprint density at radius 1 is 1.02 bits per heavy atom. The number of carbonyl (C=O) groups is 1. The minimum atomic E-state index is -0.100. The van der Waals surface area contributed by atoms with Crippen molar-refractivity contribution in [3.8, 4) is 11.1 Å². The zero-order valence-electron chi connectivity index (χ0n) is 23.4. The lowest BCUT2D eigenvalue weighted by Gasteiger charge is -2.27. The SMILES string of the molecule is Cc1ccc(C(=O)N(CCCN)C[C@H](C)Cc2nc(C)c(-c3cccc(Cl)c3)c(=O)n2Cc2ccccc2)cc1. The van der Waals surface area contributed by atoms with E-state index in [9.17, 15) is 9.59 Å². The van der Waals surface area contributed by atoms with Crippen LogP contribution >= 0.6 is 11.6 Å². The lowest BCUT2D eigenvalue weighted by molar-refractivity contribution is 0.0730. The molecule has 0 aliphatic carbocycles. The van der Waals surface area contributed by atoms with E-state index in [1.54, 1.807) is 16.7 Å². The molecule has 6 nitrogen and oxygen atoms in total. The van der Waals surface area contributed by atoms with E-state index in [1.165, 1.54) is 0 Å². The molecule has 4 rings (SSSR count). The smallest absolute Gasteiger partial charge is 0.261 e. The van der Waals surface area contributed by atoms with Crippen molar-refractivity contribution in [2.24, 2.45) is 11.7 Å². The van der Waals surface area contributed by atoms with E-state index in [1.807, 2.05) is 85.5 Å². The van der Waals surface area contributed by atoms with Crippen LogP contribution in [0.15, 0.2) is 83.7 Å². The van der Waals surface area contributed by atoms with Crippen LogP contribution in [-0.4, -0.2) is 40.0 Å². The maximum absolute atomic E-state index is 14.0. The molecule has 2 N–H and O–H groups in total. The molecule has 40 heavy (non-hydrogen) atoms. The van der Waals surface area contributed by atoms with Gasteiger partial charge in [0.1, 0.15) is 5.82 Å². The van der Waals surface area contributed by atoms with Gasteiger partial charge < -0.3 is 10.6 Å². The Bertz CT molecular complexity index is 1500. The molecule has 0 saturated carbocycles. The fourth-order valence-electron chi connectivity index (χ4n) is 4.97. The first-order valence-corrected chi connectivity index (χ1v) is 14.1. The number of amides is 1. The van der Waals surface area contributed by atoms with Crippen LogP contribution in [0.1, 0.15) is 46.3 Å². The van der Waals surface area contributed by atoms with Gasteiger partial charge in [0.2, 0.25) is 0 Å². The van der Waals surface area contributed by atoms with E-state index in [4.69, 9.17) is 22.3 Å². The second-order valence-electron chi connectivity index (χ2n) is 10.4. The van der Waals surface area contributed by atoms with Crippen molar-refractivity contribution in [1.82, 2.24) is 14.5 Å². The average Bonchev–Trinajstić information content (AvgIpc) is 2.94. The third kappa shape index (κ3) is 7.26. The van der Waals surface area contributed by atoms with Gasteiger partial charge in [-0.2, -0.15) is 0 Å². The molecule has 3 aromatic carbocycles. The topological polar surface area (TPSA) is 81.2 Å². The van der Waals surface area contributed by atoms with E-state index in [0.717, 1.165) is 16.7 Å². The molecule has 0 radical (unpaired) electrons. The number of hydrogen-bond donors (Lipinski definition) is 1. The number of nitrogens with zero attached hydrogens (tertiary/aromatic N) is 3. The monoisotopic (exact) mass is 556 g/mol. The summed E-state index contributed by atoms with van der Waals surface area (Å²) >= 11 is 6.26. The molecule has 0 aliphatic rings. The van der Waals surface area contributed by atoms with Crippen molar-refractivity contribution in [2.75, 3.05) is 19.6 Å². The number of benzene rings is 3. The highest BCUT2D eigenvalue weighted by atomic mass is 35.5. The van der Waals surface area contributed by atoms with Crippen molar-refractivity contribution < 1.29 is 4.79 Å². The van der Waals surface area contributed by atoms with Crippen LogP contribution in [0.5, 0.6) is 0 Å². The standard InChI is InChI=1S/C33H37ClN4O2/c1-23-13-15-27(16-14-23)32(39)37(18-8-17-35)21-24(2)19-30-36-25(3)31(28-11-7-12-29(34)20-28)33(40)38(30)22-26-9-5-4-6-10-26/h4-7,9-16,20,24H,8,17-19,21-22,35H2,1-3H3/t24-/m1/s1. The van der Waals surface area contributed by atoms with Crippen molar-refractivity contribution in [3.63, 3.8) is 0 Å². The number of nitrogens with two attached hydrogens (primary N) is 1. The molecule has 7 heteroatoms. The van der Waals surface area contributed by atoms with Crippen LogP contribution in [0, 0.1) is 19.8 Å². The summed E-state index contributed by atoms with van der Waals surface area (Å²) in [5.41, 5.74) is 10.4. The van der Waals surface area contributed by atoms with Crippen molar-refractivity contribution >= 4 is 17.5 Å². The van der Waals surface area contributed by atoms with Crippen LogP contribution in [0.4, 0.5) is 0 Å². The van der Waals surface area contributed by atoms with Gasteiger partial charge in [0.05, 0.1) is 17.8 Å². The third-order valence-corrected chi connectivity index (χ3v) is 7.24. The highest BCUT2D eigenvalue weighted by Gasteiger charge is 2.22. The van der Waals surface area contributed by atoms with Gasteiger partial charge in [0.25, 0.3) is 11.5 Å². The van der Waals surface area contributed by atoms with Crippen LogP contribution < -0.4 is 11.3 Å². The maximum atomic E-state index is 14.0. The molecular formula is C33H37ClN4O2. The number of hydrogen-bond acceptors (Lipinski definition) is 4. The summed E-state index contributed by atoms with van der Waals surface area (Å²) in [5.74, 6) is 0.742. The molecule has 1 aromatic heterocycles. The van der Waals surface area contributed by atoms with Crippen LogP contribution in [0.25, 0.3) is 11.1 Å². The van der Waals surface area contributed by atoms with Crippen LogP contribution in [0.2, 0.25) is 5.02 Å². The summed E-state index contributed by atoms with van der Waals surface area (Å²) in [7, 11) is 0. The first kappa shape index (κ1) is 29.2. The molecule has 0 unspecified atom stereocenters.